The van der Waals surface area contributed by atoms with Crippen LogP contribution in [0.2, 0.25) is 0 Å². The molecular weight excluding hydrogens is 236 g/mol. The largest absolute Gasteiger partial charge is 0.496 e. The summed E-state index contributed by atoms with van der Waals surface area (Å²) in [4.78, 5) is 2.54. The van der Waals surface area contributed by atoms with Crippen LogP contribution in [0.1, 0.15) is 37.8 Å². The van der Waals surface area contributed by atoms with Crippen LogP contribution in [0.3, 0.4) is 0 Å². The van der Waals surface area contributed by atoms with E-state index in [0.29, 0.717) is 12.0 Å². The van der Waals surface area contributed by atoms with Gasteiger partial charge in [0.1, 0.15) is 5.75 Å². The van der Waals surface area contributed by atoms with Gasteiger partial charge in [0.05, 0.1) is 7.11 Å². The molecule has 1 unspecified atom stereocenters. The second-order valence-electron chi connectivity index (χ2n) is 5.75. The molecule has 0 aliphatic carbocycles. The molecule has 3 nitrogen and oxygen atoms in total. The molecule has 1 N–H and O–H groups in total. The maximum Gasteiger partial charge on any atom is 0.122 e. The molecule has 0 amide bonds. The van der Waals surface area contributed by atoms with Crippen LogP contribution in [0, 0.1) is 0 Å². The van der Waals surface area contributed by atoms with E-state index in [4.69, 9.17) is 4.74 Å². The molecule has 0 spiro atoms. The van der Waals surface area contributed by atoms with Gasteiger partial charge < -0.3 is 10.1 Å². The molecular formula is C16H26N2O. The van der Waals surface area contributed by atoms with E-state index >= 15 is 0 Å². The number of hydrogen-bond acceptors (Lipinski definition) is 3. The Morgan fingerprint density at radius 3 is 2.84 bits per heavy atom. The lowest BCUT2D eigenvalue weighted by atomic mass is 9.99. The monoisotopic (exact) mass is 262 g/mol. The van der Waals surface area contributed by atoms with Gasteiger partial charge in [0.25, 0.3) is 0 Å². The van der Waals surface area contributed by atoms with Gasteiger partial charge in [-0.2, -0.15) is 0 Å². The van der Waals surface area contributed by atoms with Gasteiger partial charge in [-0.15, -0.1) is 0 Å². The second kappa shape index (κ2) is 6.40. The molecule has 1 aromatic carbocycles. The number of hydrogen-bond donors (Lipinski definition) is 1. The summed E-state index contributed by atoms with van der Waals surface area (Å²) < 4.78 is 5.45. The van der Waals surface area contributed by atoms with Crippen LogP contribution in [0.5, 0.6) is 5.75 Å². The van der Waals surface area contributed by atoms with Crippen molar-refractivity contribution in [3.05, 3.63) is 29.3 Å². The Balaban J connectivity index is 2.14. The molecule has 1 fully saturated rings. The third kappa shape index (κ3) is 3.48. The molecule has 1 aliphatic rings. The van der Waals surface area contributed by atoms with Crippen LogP contribution in [0.4, 0.5) is 0 Å². The lowest BCUT2D eigenvalue weighted by molar-refractivity contribution is 0.165. The predicted molar refractivity (Wildman–Crippen MR) is 79.8 cm³/mol. The van der Waals surface area contributed by atoms with E-state index in [1.54, 1.807) is 7.11 Å². The Labute approximate surface area is 116 Å². The fourth-order valence-corrected chi connectivity index (χ4v) is 2.69. The van der Waals surface area contributed by atoms with Crippen LogP contribution in [-0.2, 0) is 6.54 Å². The quantitative estimate of drug-likeness (QED) is 0.902. The van der Waals surface area contributed by atoms with Crippen molar-refractivity contribution in [3.63, 3.8) is 0 Å². The SMILES string of the molecule is COc1ccc(CN2CCNCC2C)cc1C(C)C. The zero-order chi connectivity index (χ0) is 13.8. The van der Waals surface area contributed by atoms with E-state index in [1.807, 2.05) is 0 Å². The van der Waals surface area contributed by atoms with Crippen LogP contribution in [-0.4, -0.2) is 37.7 Å². The summed E-state index contributed by atoms with van der Waals surface area (Å²) in [5.74, 6) is 1.50. The Kier molecular flexibility index (Phi) is 4.83. The van der Waals surface area contributed by atoms with Crippen molar-refractivity contribution in [1.82, 2.24) is 10.2 Å². The summed E-state index contributed by atoms with van der Waals surface area (Å²) in [5, 5.41) is 3.44. The third-order valence-corrected chi connectivity index (χ3v) is 3.94. The minimum absolute atomic E-state index is 0.496. The highest BCUT2D eigenvalue weighted by Crippen LogP contribution is 2.28. The van der Waals surface area contributed by atoms with Gasteiger partial charge in [0.15, 0.2) is 0 Å². The van der Waals surface area contributed by atoms with Crippen molar-refractivity contribution in [3.8, 4) is 5.75 Å². The topological polar surface area (TPSA) is 24.5 Å². The molecule has 1 saturated heterocycles. The molecule has 1 aliphatic heterocycles. The van der Waals surface area contributed by atoms with Gasteiger partial charge in [-0.1, -0.05) is 26.0 Å². The van der Waals surface area contributed by atoms with Crippen LogP contribution in [0.25, 0.3) is 0 Å². The summed E-state index contributed by atoms with van der Waals surface area (Å²) in [5.41, 5.74) is 2.70. The van der Waals surface area contributed by atoms with Crippen molar-refractivity contribution >= 4 is 0 Å². The molecule has 106 valence electrons. The molecule has 1 heterocycles. The fourth-order valence-electron chi connectivity index (χ4n) is 2.69. The van der Waals surface area contributed by atoms with Crippen molar-refractivity contribution in [2.24, 2.45) is 0 Å². The van der Waals surface area contributed by atoms with Crippen LogP contribution in [0.15, 0.2) is 18.2 Å². The normalized spacial score (nSPS) is 20.8. The Hall–Kier alpha value is -1.06. The number of methoxy groups -OCH3 is 1. The summed E-state index contributed by atoms with van der Waals surface area (Å²) in [7, 11) is 1.75. The van der Waals surface area contributed by atoms with E-state index in [-0.39, 0.29) is 0 Å². The van der Waals surface area contributed by atoms with E-state index in [9.17, 15) is 0 Å². The standard InChI is InChI=1S/C16H26N2O/c1-12(2)15-9-14(5-6-16(15)19-4)11-18-8-7-17-10-13(18)3/h5-6,9,12-13,17H,7-8,10-11H2,1-4H3. The second-order valence-corrected chi connectivity index (χ2v) is 5.75. The van der Waals surface area contributed by atoms with Crippen molar-refractivity contribution in [2.75, 3.05) is 26.7 Å². The highest BCUT2D eigenvalue weighted by atomic mass is 16.5. The maximum atomic E-state index is 5.45. The number of rotatable bonds is 4. The van der Waals surface area contributed by atoms with E-state index in [0.717, 1.165) is 31.9 Å². The van der Waals surface area contributed by atoms with Gasteiger partial charge in [-0.25, -0.2) is 0 Å². The van der Waals surface area contributed by atoms with Crippen molar-refractivity contribution in [1.29, 1.82) is 0 Å². The van der Waals surface area contributed by atoms with Gasteiger partial charge >= 0.3 is 0 Å². The van der Waals surface area contributed by atoms with Gasteiger partial charge in [0.2, 0.25) is 0 Å². The van der Waals surface area contributed by atoms with E-state index in [2.05, 4.69) is 49.2 Å². The Morgan fingerprint density at radius 2 is 2.21 bits per heavy atom. The number of benzene rings is 1. The summed E-state index contributed by atoms with van der Waals surface area (Å²) in [6.45, 7) is 11.1. The zero-order valence-corrected chi connectivity index (χ0v) is 12.6. The van der Waals surface area contributed by atoms with Crippen molar-refractivity contribution in [2.45, 2.75) is 39.3 Å². The minimum atomic E-state index is 0.496. The molecule has 3 heteroatoms. The Morgan fingerprint density at radius 1 is 1.42 bits per heavy atom. The molecule has 0 saturated carbocycles. The molecule has 0 aromatic heterocycles. The minimum Gasteiger partial charge on any atom is -0.496 e. The highest BCUT2D eigenvalue weighted by Gasteiger charge is 2.18. The van der Waals surface area contributed by atoms with Gasteiger partial charge in [-0.05, 0) is 30.0 Å². The lowest BCUT2D eigenvalue weighted by Crippen LogP contribution is -2.49. The highest BCUT2D eigenvalue weighted by molar-refractivity contribution is 5.39. The smallest absolute Gasteiger partial charge is 0.122 e. The third-order valence-electron chi connectivity index (χ3n) is 3.94. The first-order chi connectivity index (χ1) is 9.11. The molecule has 0 bridgehead atoms. The summed E-state index contributed by atoms with van der Waals surface area (Å²) in [6.07, 6.45) is 0. The fraction of sp³-hybridized carbons (Fsp3) is 0.625. The molecule has 1 atom stereocenters. The van der Waals surface area contributed by atoms with E-state index < -0.39 is 0 Å². The first-order valence-electron chi connectivity index (χ1n) is 7.23. The lowest BCUT2D eigenvalue weighted by Gasteiger charge is -2.34. The summed E-state index contributed by atoms with van der Waals surface area (Å²) >= 11 is 0. The average Bonchev–Trinajstić information content (AvgIpc) is 2.41. The molecule has 2 rings (SSSR count). The number of piperazine rings is 1. The average molecular weight is 262 g/mol. The van der Waals surface area contributed by atoms with Crippen LogP contribution >= 0.6 is 0 Å². The maximum absolute atomic E-state index is 5.45. The van der Waals surface area contributed by atoms with Crippen LogP contribution < -0.4 is 10.1 Å². The number of ether oxygens (including phenoxy) is 1. The molecule has 19 heavy (non-hydrogen) atoms. The first kappa shape index (κ1) is 14.4. The Bertz CT molecular complexity index is 417. The van der Waals surface area contributed by atoms with Crippen molar-refractivity contribution < 1.29 is 4.74 Å². The van der Waals surface area contributed by atoms with E-state index in [1.165, 1.54) is 11.1 Å². The predicted octanol–water partition coefficient (Wildman–Crippen LogP) is 2.61. The molecule has 0 radical (unpaired) electrons. The van der Waals surface area contributed by atoms with Gasteiger partial charge in [0, 0.05) is 32.2 Å². The van der Waals surface area contributed by atoms with Gasteiger partial charge in [-0.3, -0.25) is 4.90 Å². The zero-order valence-electron chi connectivity index (χ0n) is 12.6. The first-order valence-corrected chi connectivity index (χ1v) is 7.23. The summed E-state index contributed by atoms with van der Waals surface area (Å²) in [6, 6.07) is 7.22. The number of nitrogens with one attached hydrogen (secondary N) is 1. The molecule has 1 aromatic rings. The number of nitrogens with zero attached hydrogens (tertiary/aromatic N) is 1.